The molecular weight excluding hydrogens is 208 g/mol. The number of hydrogen-bond acceptors (Lipinski definition) is 1. The zero-order valence-corrected chi connectivity index (χ0v) is 9.67. The van der Waals surface area contributed by atoms with E-state index in [4.69, 9.17) is 16.3 Å². The van der Waals surface area contributed by atoms with Gasteiger partial charge >= 0.3 is 0 Å². The predicted molar refractivity (Wildman–Crippen MR) is 63.5 cm³/mol. The largest absolute Gasteiger partial charge is 0.493 e. The van der Waals surface area contributed by atoms with Crippen LogP contribution in [0.3, 0.4) is 0 Å². The van der Waals surface area contributed by atoms with E-state index in [-0.39, 0.29) is 0 Å². The van der Waals surface area contributed by atoms with Gasteiger partial charge in [0.05, 0.1) is 6.61 Å². The summed E-state index contributed by atoms with van der Waals surface area (Å²) in [6.45, 7) is 0.848. The fraction of sp³-hybridized carbons (Fsp3) is 0.538. The third-order valence-electron chi connectivity index (χ3n) is 3.01. The van der Waals surface area contributed by atoms with Gasteiger partial charge in [0.2, 0.25) is 0 Å². The Morgan fingerprint density at radius 2 is 2.00 bits per heavy atom. The molecule has 0 N–H and O–H groups in total. The minimum absolute atomic E-state index is 0.746. The molecule has 1 saturated carbocycles. The van der Waals surface area contributed by atoms with E-state index in [2.05, 4.69) is 0 Å². The Balaban J connectivity index is 1.81. The van der Waals surface area contributed by atoms with Crippen LogP contribution < -0.4 is 4.74 Å². The molecule has 0 aromatic heterocycles. The number of hydrogen-bond donors (Lipinski definition) is 0. The first-order valence-electron chi connectivity index (χ1n) is 5.73. The first kappa shape index (κ1) is 10.8. The summed E-state index contributed by atoms with van der Waals surface area (Å²) < 4.78 is 5.74. The first-order valence-corrected chi connectivity index (χ1v) is 6.11. The van der Waals surface area contributed by atoms with E-state index >= 15 is 0 Å². The van der Waals surface area contributed by atoms with Crippen molar-refractivity contribution in [1.29, 1.82) is 0 Å². The monoisotopic (exact) mass is 224 g/mol. The third-order valence-corrected chi connectivity index (χ3v) is 3.24. The van der Waals surface area contributed by atoms with Gasteiger partial charge in [-0.3, -0.25) is 0 Å². The normalized spacial score (nSPS) is 17.7. The van der Waals surface area contributed by atoms with Crippen LogP contribution >= 0.6 is 11.6 Å². The van der Waals surface area contributed by atoms with Crippen LogP contribution in [-0.2, 0) is 0 Å². The molecule has 1 aliphatic rings. The molecule has 1 aromatic rings. The first-order chi connectivity index (χ1) is 7.34. The molecule has 0 unspecified atom stereocenters. The van der Waals surface area contributed by atoms with Gasteiger partial charge in [0.25, 0.3) is 0 Å². The van der Waals surface area contributed by atoms with Crippen LogP contribution in [0.1, 0.15) is 32.1 Å². The molecule has 0 saturated heterocycles. The standard InChI is InChI=1S/C13H17ClO/c14-12-7-4-8-13(9-12)15-10-11-5-2-1-3-6-11/h4,7-9,11H,1-3,5-6,10H2. The molecule has 2 heteroatoms. The summed E-state index contributed by atoms with van der Waals surface area (Å²) in [5.41, 5.74) is 0. The van der Waals surface area contributed by atoms with Crippen LogP contribution in [0, 0.1) is 5.92 Å². The Morgan fingerprint density at radius 3 is 2.73 bits per heavy atom. The fourth-order valence-corrected chi connectivity index (χ4v) is 2.30. The van der Waals surface area contributed by atoms with Gasteiger partial charge in [-0.05, 0) is 37.0 Å². The van der Waals surface area contributed by atoms with Crippen LogP contribution in [0.2, 0.25) is 5.02 Å². The minimum atomic E-state index is 0.746. The SMILES string of the molecule is Clc1cccc(OCC2CCCCC2)c1. The molecule has 2 rings (SSSR count). The van der Waals surface area contributed by atoms with Gasteiger partial charge in [-0.25, -0.2) is 0 Å². The molecule has 0 heterocycles. The van der Waals surface area contributed by atoms with Gasteiger partial charge in [-0.15, -0.1) is 0 Å². The van der Waals surface area contributed by atoms with E-state index in [1.165, 1.54) is 32.1 Å². The summed E-state index contributed by atoms with van der Waals surface area (Å²) in [5.74, 6) is 1.64. The van der Waals surface area contributed by atoms with E-state index in [9.17, 15) is 0 Å². The lowest BCUT2D eigenvalue weighted by Gasteiger charge is -2.21. The summed E-state index contributed by atoms with van der Waals surface area (Å²) in [6.07, 6.45) is 6.77. The fourth-order valence-electron chi connectivity index (χ4n) is 2.12. The van der Waals surface area contributed by atoms with Crippen LogP contribution in [0.4, 0.5) is 0 Å². The summed E-state index contributed by atoms with van der Waals surface area (Å²) in [7, 11) is 0. The van der Waals surface area contributed by atoms with Crippen LogP contribution in [0.5, 0.6) is 5.75 Å². The molecule has 1 aromatic carbocycles. The summed E-state index contributed by atoms with van der Waals surface area (Å²) in [5, 5.41) is 0.746. The van der Waals surface area contributed by atoms with Crippen LogP contribution in [-0.4, -0.2) is 6.61 Å². The van der Waals surface area contributed by atoms with Crippen molar-refractivity contribution in [3.05, 3.63) is 29.3 Å². The predicted octanol–water partition coefficient (Wildman–Crippen LogP) is 4.30. The van der Waals surface area contributed by atoms with Gasteiger partial charge in [-0.2, -0.15) is 0 Å². The average Bonchev–Trinajstić information content (AvgIpc) is 2.28. The Labute approximate surface area is 96.4 Å². The molecule has 0 spiro atoms. The molecule has 0 radical (unpaired) electrons. The second-order valence-corrected chi connectivity index (χ2v) is 4.71. The summed E-state index contributed by atoms with van der Waals surface area (Å²) in [4.78, 5) is 0. The highest BCUT2D eigenvalue weighted by Gasteiger charge is 2.13. The quantitative estimate of drug-likeness (QED) is 0.744. The van der Waals surface area contributed by atoms with E-state index in [0.29, 0.717) is 0 Å². The van der Waals surface area contributed by atoms with E-state index in [1.54, 1.807) is 0 Å². The molecule has 0 aliphatic heterocycles. The molecule has 1 fully saturated rings. The second kappa shape index (κ2) is 5.41. The highest BCUT2D eigenvalue weighted by atomic mass is 35.5. The number of halogens is 1. The number of ether oxygens (including phenoxy) is 1. The maximum absolute atomic E-state index is 5.89. The van der Waals surface area contributed by atoms with Gasteiger partial charge in [0.1, 0.15) is 5.75 Å². The molecule has 0 atom stereocenters. The van der Waals surface area contributed by atoms with Gasteiger partial charge in [0.15, 0.2) is 0 Å². The van der Waals surface area contributed by atoms with Crippen LogP contribution in [0.25, 0.3) is 0 Å². The summed E-state index contributed by atoms with van der Waals surface area (Å²) >= 11 is 5.89. The van der Waals surface area contributed by atoms with Crippen molar-refractivity contribution in [2.75, 3.05) is 6.61 Å². The van der Waals surface area contributed by atoms with Crippen LogP contribution in [0.15, 0.2) is 24.3 Å². The van der Waals surface area contributed by atoms with Crippen molar-refractivity contribution in [1.82, 2.24) is 0 Å². The molecule has 0 bridgehead atoms. The molecule has 82 valence electrons. The lowest BCUT2D eigenvalue weighted by molar-refractivity contribution is 0.209. The van der Waals surface area contributed by atoms with Crippen molar-refractivity contribution in [2.24, 2.45) is 5.92 Å². The van der Waals surface area contributed by atoms with Gasteiger partial charge in [-0.1, -0.05) is 36.9 Å². The highest BCUT2D eigenvalue weighted by molar-refractivity contribution is 6.30. The maximum atomic E-state index is 5.89. The maximum Gasteiger partial charge on any atom is 0.120 e. The minimum Gasteiger partial charge on any atom is -0.493 e. The lowest BCUT2D eigenvalue weighted by Crippen LogP contribution is -2.15. The molecular formula is C13H17ClO. The van der Waals surface area contributed by atoms with Gasteiger partial charge < -0.3 is 4.74 Å². The van der Waals surface area contributed by atoms with Crippen molar-refractivity contribution in [3.63, 3.8) is 0 Å². The van der Waals surface area contributed by atoms with E-state index in [1.807, 2.05) is 24.3 Å². The van der Waals surface area contributed by atoms with Crippen molar-refractivity contribution in [2.45, 2.75) is 32.1 Å². The topological polar surface area (TPSA) is 9.23 Å². The Kier molecular flexibility index (Phi) is 3.90. The van der Waals surface area contributed by atoms with Gasteiger partial charge in [0, 0.05) is 5.02 Å². The average molecular weight is 225 g/mol. The van der Waals surface area contributed by atoms with Crippen molar-refractivity contribution in [3.8, 4) is 5.75 Å². The molecule has 0 amide bonds. The number of rotatable bonds is 3. The van der Waals surface area contributed by atoms with Crippen molar-refractivity contribution >= 4 is 11.6 Å². The zero-order valence-electron chi connectivity index (χ0n) is 8.92. The molecule has 15 heavy (non-hydrogen) atoms. The summed E-state index contributed by atoms with van der Waals surface area (Å²) in [6, 6.07) is 7.65. The smallest absolute Gasteiger partial charge is 0.120 e. The number of benzene rings is 1. The van der Waals surface area contributed by atoms with Crippen molar-refractivity contribution < 1.29 is 4.74 Å². The highest BCUT2D eigenvalue weighted by Crippen LogP contribution is 2.25. The zero-order chi connectivity index (χ0) is 10.5. The molecule has 1 aliphatic carbocycles. The Bertz CT molecular complexity index is 305. The van der Waals surface area contributed by atoms with E-state index < -0.39 is 0 Å². The second-order valence-electron chi connectivity index (χ2n) is 4.27. The lowest BCUT2D eigenvalue weighted by atomic mass is 9.90. The Hall–Kier alpha value is -0.690. The Morgan fingerprint density at radius 1 is 1.20 bits per heavy atom. The molecule has 1 nitrogen and oxygen atoms in total. The van der Waals surface area contributed by atoms with E-state index in [0.717, 1.165) is 23.3 Å². The third kappa shape index (κ3) is 3.42.